The third kappa shape index (κ3) is 2.76. The fraction of sp³-hybridized carbons (Fsp3) is 0.533. The topological polar surface area (TPSA) is 41.6 Å². The second-order valence-corrected chi connectivity index (χ2v) is 5.28. The van der Waals surface area contributed by atoms with Crippen molar-refractivity contribution in [2.24, 2.45) is 5.92 Å². The van der Waals surface area contributed by atoms with Crippen LogP contribution in [-0.2, 0) is 11.2 Å². The zero-order valence-electron chi connectivity index (χ0n) is 11.7. The predicted octanol–water partition coefficient (Wildman–Crippen LogP) is 2.01. The van der Waals surface area contributed by atoms with Crippen LogP contribution >= 0.6 is 12.4 Å². The number of hydrogen-bond donors (Lipinski definition) is 1. The summed E-state index contributed by atoms with van der Waals surface area (Å²) in [5, 5.41) is 3.31. The maximum absolute atomic E-state index is 12.6. The number of carbonyl (C=O) groups is 1. The number of hydrogen-bond acceptors (Lipinski definition) is 3. The van der Waals surface area contributed by atoms with Crippen LogP contribution in [0.25, 0.3) is 0 Å². The lowest BCUT2D eigenvalue weighted by Gasteiger charge is -2.27. The number of anilines is 1. The number of carbonyl (C=O) groups excluding carboxylic acids is 1. The summed E-state index contributed by atoms with van der Waals surface area (Å²) in [7, 11) is 1.67. The van der Waals surface area contributed by atoms with Crippen LogP contribution in [0, 0.1) is 5.92 Å². The number of benzene rings is 1. The molecule has 1 fully saturated rings. The highest BCUT2D eigenvalue weighted by atomic mass is 35.5. The average molecular weight is 297 g/mol. The highest BCUT2D eigenvalue weighted by Gasteiger charge is 2.30. The first-order valence-electron chi connectivity index (χ1n) is 6.98. The molecule has 1 N–H and O–H groups in total. The first kappa shape index (κ1) is 15.1. The van der Waals surface area contributed by atoms with Crippen LogP contribution in [0.15, 0.2) is 18.2 Å². The van der Waals surface area contributed by atoms with Gasteiger partial charge >= 0.3 is 0 Å². The fourth-order valence-electron chi connectivity index (χ4n) is 3.02. The Morgan fingerprint density at radius 3 is 3.00 bits per heavy atom. The second-order valence-electron chi connectivity index (χ2n) is 5.28. The third-order valence-electron chi connectivity index (χ3n) is 4.09. The molecule has 0 aromatic heterocycles. The number of fused-ring (bicyclic) bond motifs is 1. The quantitative estimate of drug-likeness (QED) is 0.908. The van der Waals surface area contributed by atoms with Gasteiger partial charge in [-0.2, -0.15) is 0 Å². The number of nitrogens with one attached hydrogen (secondary N) is 1. The fourth-order valence-corrected chi connectivity index (χ4v) is 3.02. The van der Waals surface area contributed by atoms with Crippen LogP contribution in [0.4, 0.5) is 5.69 Å². The molecule has 1 saturated heterocycles. The smallest absolute Gasteiger partial charge is 0.231 e. The first-order chi connectivity index (χ1) is 9.29. The van der Waals surface area contributed by atoms with Gasteiger partial charge in [0.2, 0.25) is 5.91 Å². The third-order valence-corrected chi connectivity index (χ3v) is 4.09. The van der Waals surface area contributed by atoms with Gasteiger partial charge in [0.1, 0.15) is 5.75 Å². The Balaban J connectivity index is 0.00000147. The van der Waals surface area contributed by atoms with Crippen LogP contribution in [0.5, 0.6) is 5.75 Å². The van der Waals surface area contributed by atoms with Crippen LogP contribution in [0.1, 0.15) is 18.4 Å². The minimum Gasteiger partial charge on any atom is -0.497 e. The summed E-state index contributed by atoms with van der Waals surface area (Å²) in [6.07, 6.45) is 3.03. The summed E-state index contributed by atoms with van der Waals surface area (Å²) in [5.74, 6) is 1.28. The molecular weight excluding hydrogens is 276 g/mol. The van der Waals surface area contributed by atoms with Crippen molar-refractivity contribution in [2.75, 3.05) is 31.6 Å². The standard InChI is InChI=1S/C15H20N2O2.ClH/c1-19-13-4-5-14-11(9-13)6-8-17(14)15(18)12-3-2-7-16-10-12;/h4-5,9,12,16H,2-3,6-8,10H2,1H3;1H. The minimum absolute atomic E-state index is 0. The Morgan fingerprint density at radius 1 is 1.45 bits per heavy atom. The van der Waals surface area contributed by atoms with Crippen molar-refractivity contribution in [3.05, 3.63) is 23.8 Å². The lowest BCUT2D eigenvalue weighted by molar-refractivity contribution is -0.122. The van der Waals surface area contributed by atoms with Gasteiger partial charge in [-0.05, 0) is 49.6 Å². The second kappa shape index (κ2) is 6.46. The average Bonchev–Trinajstić information content (AvgIpc) is 2.90. The van der Waals surface area contributed by atoms with Gasteiger partial charge in [-0.15, -0.1) is 12.4 Å². The molecule has 2 aliphatic heterocycles. The van der Waals surface area contributed by atoms with Gasteiger partial charge in [0.25, 0.3) is 0 Å². The molecule has 5 heteroatoms. The van der Waals surface area contributed by atoms with E-state index < -0.39 is 0 Å². The molecule has 4 nitrogen and oxygen atoms in total. The van der Waals surface area contributed by atoms with Gasteiger partial charge < -0.3 is 15.0 Å². The number of ether oxygens (including phenoxy) is 1. The highest BCUT2D eigenvalue weighted by Crippen LogP contribution is 2.32. The Bertz CT molecular complexity index is 487. The lowest BCUT2D eigenvalue weighted by Crippen LogP contribution is -2.42. The lowest BCUT2D eigenvalue weighted by atomic mass is 9.98. The van der Waals surface area contributed by atoms with Crippen LogP contribution in [0.3, 0.4) is 0 Å². The maximum atomic E-state index is 12.6. The summed E-state index contributed by atoms with van der Waals surface area (Å²) < 4.78 is 5.24. The zero-order valence-corrected chi connectivity index (χ0v) is 12.5. The van der Waals surface area contributed by atoms with E-state index in [1.807, 2.05) is 23.1 Å². The van der Waals surface area contributed by atoms with Crippen molar-refractivity contribution in [2.45, 2.75) is 19.3 Å². The molecule has 1 atom stereocenters. The van der Waals surface area contributed by atoms with Crippen LogP contribution < -0.4 is 15.0 Å². The van der Waals surface area contributed by atoms with Crippen molar-refractivity contribution in [3.63, 3.8) is 0 Å². The first-order valence-corrected chi connectivity index (χ1v) is 6.98. The molecule has 1 unspecified atom stereocenters. The van der Waals surface area contributed by atoms with E-state index in [4.69, 9.17) is 4.74 Å². The van der Waals surface area contributed by atoms with E-state index >= 15 is 0 Å². The number of nitrogens with zero attached hydrogens (tertiary/aromatic N) is 1. The SMILES string of the molecule is COc1ccc2c(c1)CCN2C(=O)C1CCCNC1.Cl. The Kier molecular flexibility index (Phi) is 4.89. The van der Waals surface area contributed by atoms with Gasteiger partial charge in [0.15, 0.2) is 0 Å². The molecule has 0 saturated carbocycles. The number of rotatable bonds is 2. The molecule has 0 bridgehead atoms. The number of piperidine rings is 1. The van der Waals surface area contributed by atoms with Gasteiger partial charge in [-0.3, -0.25) is 4.79 Å². The van der Waals surface area contributed by atoms with E-state index in [1.54, 1.807) is 7.11 Å². The van der Waals surface area contributed by atoms with E-state index in [0.29, 0.717) is 0 Å². The van der Waals surface area contributed by atoms with Crippen molar-refractivity contribution in [3.8, 4) is 5.75 Å². The van der Waals surface area contributed by atoms with Crippen molar-refractivity contribution < 1.29 is 9.53 Å². The number of halogens is 1. The molecular formula is C15H21ClN2O2. The van der Waals surface area contributed by atoms with Crippen LogP contribution in [0.2, 0.25) is 0 Å². The molecule has 2 heterocycles. The molecule has 1 aromatic rings. The summed E-state index contributed by atoms with van der Waals surface area (Å²) in [4.78, 5) is 14.5. The molecule has 1 aromatic carbocycles. The van der Waals surface area contributed by atoms with Gasteiger partial charge in [0.05, 0.1) is 13.0 Å². The Morgan fingerprint density at radius 2 is 2.30 bits per heavy atom. The summed E-state index contributed by atoms with van der Waals surface area (Å²) >= 11 is 0. The normalized spacial score (nSPS) is 21.1. The largest absolute Gasteiger partial charge is 0.497 e. The summed E-state index contributed by atoms with van der Waals surface area (Å²) in [6.45, 7) is 2.66. The summed E-state index contributed by atoms with van der Waals surface area (Å²) in [6, 6.07) is 5.99. The highest BCUT2D eigenvalue weighted by molar-refractivity contribution is 5.97. The van der Waals surface area contributed by atoms with Gasteiger partial charge in [-0.25, -0.2) is 0 Å². The minimum atomic E-state index is 0. The molecule has 0 spiro atoms. The van der Waals surface area contributed by atoms with Crippen molar-refractivity contribution in [1.29, 1.82) is 0 Å². The number of amides is 1. The molecule has 0 aliphatic carbocycles. The van der Waals surface area contributed by atoms with Crippen molar-refractivity contribution >= 4 is 24.0 Å². The summed E-state index contributed by atoms with van der Waals surface area (Å²) in [5.41, 5.74) is 2.29. The van der Waals surface area contributed by atoms with Crippen molar-refractivity contribution in [1.82, 2.24) is 5.32 Å². The molecule has 1 amide bonds. The van der Waals surface area contributed by atoms with E-state index in [0.717, 1.165) is 50.3 Å². The monoisotopic (exact) mass is 296 g/mol. The molecule has 20 heavy (non-hydrogen) atoms. The Hall–Kier alpha value is -1.26. The molecule has 2 aliphatic rings. The van der Waals surface area contributed by atoms with Gasteiger partial charge in [-0.1, -0.05) is 0 Å². The number of methoxy groups -OCH3 is 1. The molecule has 110 valence electrons. The van der Waals surface area contributed by atoms with Crippen LogP contribution in [-0.4, -0.2) is 32.7 Å². The van der Waals surface area contributed by atoms with E-state index in [-0.39, 0.29) is 24.2 Å². The predicted molar refractivity (Wildman–Crippen MR) is 81.9 cm³/mol. The van der Waals surface area contributed by atoms with E-state index in [9.17, 15) is 4.79 Å². The Labute approximate surface area is 125 Å². The molecule has 3 rings (SSSR count). The van der Waals surface area contributed by atoms with E-state index in [1.165, 1.54) is 5.56 Å². The zero-order chi connectivity index (χ0) is 13.2. The maximum Gasteiger partial charge on any atom is 0.231 e. The molecule has 0 radical (unpaired) electrons. The van der Waals surface area contributed by atoms with Gasteiger partial charge in [0, 0.05) is 18.8 Å². The van der Waals surface area contributed by atoms with E-state index in [2.05, 4.69) is 5.32 Å².